The fourth-order valence-corrected chi connectivity index (χ4v) is 2.90. The smallest absolute Gasteiger partial charge is 0.0881 e. The lowest BCUT2D eigenvalue weighted by Crippen LogP contribution is -2.55. The van der Waals surface area contributed by atoms with Gasteiger partial charge in [-0.1, -0.05) is 6.07 Å². The molecule has 0 saturated carbocycles. The van der Waals surface area contributed by atoms with Crippen LogP contribution in [-0.2, 0) is 15.9 Å². The number of hydrogen-bond donors (Lipinski definition) is 1. The molecule has 106 valence electrons. The fourth-order valence-electron chi connectivity index (χ4n) is 2.90. The summed E-state index contributed by atoms with van der Waals surface area (Å²) in [6.45, 7) is 4.37. The summed E-state index contributed by atoms with van der Waals surface area (Å²) in [6.07, 6.45) is 6.58. The Balaban J connectivity index is 2.12. The Bertz CT molecular complexity index is 358. The van der Waals surface area contributed by atoms with E-state index in [1.807, 2.05) is 25.5 Å². The van der Waals surface area contributed by atoms with Crippen molar-refractivity contribution in [3.8, 4) is 0 Å². The number of ether oxygens (including phenoxy) is 2. The van der Waals surface area contributed by atoms with Crippen LogP contribution in [0.1, 0.15) is 25.3 Å². The highest BCUT2D eigenvalue weighted by atomic mass is 16.5. The molecule has 0 bridgehead atoms. The summed E-state index contributed by atoms with van der Waals surface area (Å²) in [4.78, 5) is 4.19. The Morgan fingerprint density at radius 1 is 1.47 bits per heavy atom. The molecule has 4 nitrogen and oxygen atoms in total. The molecule has 1 saturated heterocycles. The van der Waals surface area contributed by atoms with Crippen LogP contribution in [0.4, 0.5) is 0 Å². The summed E-state index contributed by atoms with van der Waals surface area (Å²) in [7, 11) is 2.01. The van der Waals surface area contributed by atoms with Gasteiger partial charge < -0.3 is 14.8 Å². The monoisotopic (exact) mass is 264 g/mol. The number of rotatable bonds is 6. The zero-order chi connectivity index (χ0) is 13.6. The van der Waals surface area contributed by atoms with E-state index < -0.39 is 0 Å². The maximum atomic E-state index is 6.13. The van der Waals surface area contributed by atoms with Gasteiger partial charge in [0, 0.05) is 51.1 Å². The normalized spacial score (nSPS) is 20.1. The van der Waals surface area contributed by atoms with Crippen molar-refractivity contribution in [1.82, 2.24) is 10.3 Å². The van der Waals surface area contributed by atoms with Crippen molar-refractivity contribution in [2.45, 2.75) is 37.8 Å². The van der Waals surface area contributed by atoms with Crippen molar-refractivity contribution < 1.29 is 9.47 Å². The van der Waals surface area contributed by atoms with Gasteiger partial charge in [-0.3, -0.25) is 4.98 Å². The minimum Gasteiger partial charge on any atom is -0.381 e. The van der Waals surface area contributed by atoms with E-state index in [9.17, 15) is 0 Å². The lowest BCUT2D eigenvalue weighted by molar-refractivity contribution is -0.125. The zero-order valence-corrected chi connectivity index (χ0v) is 11.9. The molecular weight excluding hydrogens is 240 g/mol. The van der Waals surface area contributed by atoms with E-state index >= 15 is 0 Å². The van der Waals surface area contributed by atoms with Crippen molar-refractivity contribution in [3.05, 3.63) is 30.1 Å². The molecule has 4 heteroatoms. The van der Waals surface area contributed by atoms with E-state index in [-0.39, 0.29) is 5.60 Å². The summed E-state index contributed by atoms with van der Waals surface area (Å²) in [6, 6.07) is 4.40. The molecule has 0 aromatic carbocycles. The molecule has 1 N–H and O–H groups in total. The third-order valence-corrected chi connectivity index (χ3v) is 3.92. The highest BCUT2D eigenvalue weighted by Crippen LogP contribution is 2.30. The molecule has 1 aliphatic heterocycles. The highest BCUT2D eigenvalue weighted by Gasteiger charge is 2.40. The molecule has 1 aromatic heterocycles. The first-order valence-electron chi connectivity index (χ1n) is 7.08. The van der Waals surface area contributed by atoms with Gasteiger partial charge in [0.05, 0.1) is 5.60 Å². The topological polar surface area (TPSA) is 43.4 Å². The van der Waals surface area contributed by atoms with Gasteiger partial charge in [-0.05, 0) is 32.0 Å². The maximum Gasteiger partial charge on any atom is 0.0881 e. The van der Waals surface area contributed by atoms with Crippen LogP contribution in [-0.4, -0.2) is 43.5 Å². The van der Waals surface area contributed by atoms with E-state index in [2.05, 4.69) is 23.3 Å². The van der Waals surface area contributed by atoms with E-state index in [1.165, 1.54) is 5.56 Å². The Labute approximate surface area is 115 Å². The van der Waals surface area contributed by atoms with Crippen LogP contribution >= 0.6 is 0 Å². The average Bonchev–Trinajstić information content (AvgIpc) is 2.47. The molecule has 1 aliphatic rings. The second kappa shape index (κ2) is 6.98. The Morgan fingerprint density at radius 2 is 2.26 bits per heavy atom. The van der Waals surface area contributed by atoms with Gasteiger partial charge in [0.15, 0.2) is 0 Å². The summed E-state index contributed by atoms with van der Waals surface area (Å²) in [5.74, 6) is 0. The second-order valence-corrected chi connectivity index (χ2v) is 5.02. The lowest BCUT2D eigenvalue weighted by Gasteiger charge is -2.43. The first-order chi connectivity index (χ1) is 9.30. The molecule has 2 heterocycles. The van der Waals surface area contributed by atoms with Crippen molar-refractivity contribution in [2.75, 3.05) is 26.9 Å². The molecule has 0 spiro atoms. The third-order valence-electron chi connectivity index (χ3n) is 3.92. The number of nitrogens with one attached hydrogen (secondary N) is 1. The number of pyridine rings is 1. The summed E-state index contributed by atoms with van der Waals surface area (Å²) in [5, 5.41) is 3.44. The molecule has 0 radical (unpaired) electrons. The van der Waals surface area contributed by atoms with Crippen LogP contribution in [0, 0.1) is 0 Å². The first kappa shape index (κ1) is 14.4. The van der Waals surface area contributed by atoms with Gasteiger partial charge in [0.25, 0.3) is 0 Å². The van der Waals surface area contributed by atoms with Crippen molar-refractivity contribution >= 4 is 0 Å². The number of nitrogens with zero attached hydrogens (tertiary/aromatic N) is 1. The van der Waals surface area contributed by atoms with Gasteiger partial charge in [-0.25, -0.2) is 0 Å². The van der Waals surface area contributed by atoms with Crippen molar-refractivity contribution in [2.24, 2.45) is 0 Å². The van der Waals surface area contributed by atoms with Crippen LogP contribution in [0.2, 0.25) is 0 Å². The van der Waals surface area contributed by atoms with Gasteiger partial charge in [0.1, 0.15) is 0 Å². The number of likely N-dealkylation sites (N-methyl/N-ethyl adjacent to an activating group) is 1. The molecule has 1 atom stereocenters. The van der Waals surface area contributed by atoms with E-state index in [0.29, 0.717) is 6.04 Å². The first-order valence-corrected chi connectivity index (χ1v) is 7.08. The van der Waals surface area contributed by atoms with Crippen LogP contribution < -0.4 is 5.32 Å². The molecule has 1 unspecified atom stereocenters. The minimum absolute atomic E-state index is 0.114. The molecule has 2 rings (SSSR count). The molecule has 0 aliphatic carbocycles. The summed E-state index contributed by atoms with van der Waals surface area (Å²) < 4.78 is 11.6. The lowest BCUT2D eigenvalue weighted by atomic mass is 9.83. The van der Waals surface area contributed by atoms with Crippen LogP contribution in [0.3, 0.4) is 0 Å². The minimum atomic E-state index is -0.114. The van der Waals surface area contributed by atoms with E-state index in [4.69, 9.17) is 9.47 Å². The second-order valence-electron chi connectivity index (χ2n) is 5.02. The van der Waals surface area contributed by atoms with Crippen molar-refractivity contribution in [1.29, 1.82) is 0 Å². The average molecular weight is 264 g/mol. The largest absolute Gasteiger partial charge is 0.381 e. The SMILES string of the molecule is CCOC1(C(Cc2cccnc2)NC)CCOCC1. The fraction of sp³-hybridized carbons (Fsp3) is 0.667. The molecule has 19 heavy (non-hydrogen) atoms. The predicted octanol–water partition coefficient (Wildman–Crippen LogP) is 1.80. The molecule has 1 fully saturated rings. The van der Waals surface area contributed by atoms with Crippen LogP contribution in [0.25, 0.3) is 0 Å². The Morgan fingerprint density at radius 3 is 2.84 bits per heavy atom. The third kappa shape index (κ3) is 3.53. The number of hydrogen-bond acceptors (Lipinski definition) is 4. The molecular formula is C15H24N2O2. The van der Waals surface area contributed by atoms with Gasteiger partial charge in [-0.2, -0.15) is 0 Å². The summed E-state index contributed by atoms with van der Waals surface area (Å²) >= 11 is 0. The molecule has 1 aromatic rings. The highest BCUT2D eigenvalue weighted by molar-refractivity contribution is 5.12. The van der Waals surface area contributed by atoms with Crippen LogP contribution in [0.15, 0.2) is 24.5 Å². The van der Waals surface area contributed by atoms with E-state index in [1.54, 1.807) is 0 Å². The van der Waals surface area contributed by atoms with Crippen molar-refractivity contribution in [3.63, 3.8) is 0 Å². The van der Waals surface area contributed by atoms with Gasteiger partial charge >= 0.3 is 0 Å². The standard InChI is InChI=1S/C15H24N2O2/c1-3-19-15(6-9-18-10-7-15)14(16-2)11-13-5-4-8-17-12-13/h4-5,8,12,14,16H,3,6-7,9-11H2,1-2H3. The quantitative estimate of drug-likeness (QED) is 0.851. The Hall–Kier alpha value is -0.970. The number of aromatic nitrogens is 1. The van der Waals surface area contributed by atoms with Crippen LogP contribution in [0.5, 0.6) is 0 Å². The maximum absolute atomic E-state index is 6.13. The summed E-state index contributed by atoms with van der Waals surface area (Å²) in [5.41, 5.74) is 1.13. The Kier molecular flexibility index (Phi) is 5.31. The van der Waals surface area contributed by atoms with E-state index in [0.717, 1.165) is 39.1 Å². The predicted molar refractivity (Wildman–Crippen MR) is 75.2 cm³/mol. The molecule has 0 amide bonds. The van der Waals surface area contributed by atoms with Gasteiger partial charge in [-0.15, -0.1) is 0 Å². The zero-order valence-electron chi connectivity index (χ0n) is 11.9. The van der Waals surface area contributed by atoms with Gasteiger partial charge in [0.2, 0.25) is 0 Å².